The predicted molar refractivity (Wildman–Crippen MR) is 110 cm³/mol. The molecular formula is C23H22OP+. The van der Waals surface area contributed by atoms with Crippen molar-refractivity contribution < 1.29 is 5.11 Å². The molecule has 0 radical (unpaired) electrons. The van der Waals surface area contributed by atoms with E-state index in [-0.39, 0.29) is 0 Å². The predicted octanol–water partition coefficient (Wildman–Crippen LogP) is 4.04. The Balaban J connectivity index is 2.40. The van der Waals surface area contributed by atoms with Crippen LogP contribution in [0.1, 0.15) is 0 Å². The first-order valence-corrected chi connectivity index (χ1v) is 10.1. The molecule has 0 aromatic heterocycles. The third kappa shape index (κ3) is 3.09. The molecule has 3 rings (SSSR count). The smallest absolute Gasteiger partial charge is 0.142 e. The van der Waals surface area contributed by atoms with Crippen LogP contribution < -0.4 is 15.9 Å². The third-order valence-corrected chi connectivity index (χ3v) is 8.77. The second kappa shape index (κ2) is 7.61. The van der Waals surface area contributed by atoms with Gasteiger partial charge in [-0.25, -0.2) is 0 Å². The molecule has 0 aliphatic rings. The normalized spacial score (nSPS) is 12.4. The Labute approximate surface area is 150 Å². The minimum absolute atomic E-state index is 0.769. The summed E-state index contributed by atoms with van der Waals surface area (Å²) in [6, 6.07) is 31.1. The van der Waals surface area contributed by atoms with Crippen molar-refractivity contribution >= 4 is 23.2 Å². The first-order valence-electron chi connectivity index (χ1n) is 8.27. The van der Waals surface area contributed by atoms with Crippen LogP contribution in [0.3, 0.4) is 0 Å². The molecule has 0 saturated heterocycles. The van der Waals surface area contributed by atoms with Gasteiger partial charge in [-0.2, -0.15) is 0 Å². The van der Waals surface area contributed by atoms with Gasteiger partial charge in [0.25, 0.3) is 0 Å². The van der Waals surface area contributed by atoms with Gasteiger partial charge in [0.2, 0.25) is 0 Å². The van der Waals surface area contributed by atoms with Gasteiger partial charge in [-0.3, -0.25) is 0 Å². The Bertz CT molecular complexity index is 744. The van der Waals surface area contributed by atoms with Crippen molar-refractivity contribution in [1.29, 1.82) is 0 Å². The molecule has 1 atom stereocenters. The second-order valence-electron chi connectivity index (χ2n) is 5.85. The summed E-state index contributed by atoms with van der Waals surface area (Å²) in [6.07, 6.45) is 0.792. The molecular weight excluding hydrogens is 323 g/mol. The maximum Gasteiger partial charge on any atom is 0.142 e. The van der Waals surface area contributed by atoms with E-state index in [2.05, 4.69) is 49.6 Å². The average molecular weight is 345 g/mol. The van der Waals surface area contributed by atoms with E-state index >= 15 is 0 Å². The zero-order chi connectivity index (χ0) is 17.7. The lowest BCUT2D eigenvalue weighted by Crippen LogP contribution is -2.34. The van der Waals surface area contributed by atoms with Crippen LogP contribution in [0.2, 0.25) is 0 Å². The van der Waals surface area contributed by atoms with Crippen molar-refractivity contribution in [2.75, 3.05) is 0 Å². The van der Waals surface area contributed by atoms with Crippen molar-refractivity contribution in [3.63, 3.8) is 0 Å². The van der Waals surface area contributed by atoms with Crippen LogP contribution in [0.4, 0.5) is 0 Å². The second-order valence-corrected chi connectivity index (χ2v) is 9.31. The number of aliphatic hydroxyl groups excluding tert-OH is 1. The molecule has 25 heavy (non-hydrogen) atoms. The molecule has 1 nitrogen and oxygen atoms in total. The van der Waals surface area contributed by atoms with E-state index in [1.807, 2.05) is 54.6 Å². The molecule has 1 N–H and O–H groups in total. The molecule has 0 amide bonds. The van der Waals surface area contributed by atoms with Crippen molar-refractivity contribution in [2.24, 2.45) is 0 Å². The van der Waals surface area contributed by atoms with E-state index in [0.29, 0.717) is 0 Å². The standard InChI is InChI=1S/C23H22OP/c1-3-23(24)19(2)25(20-13-7-4-8-14-20,21-15-9-5-10-16-21)22-17-11-6-12-18-22/h3-18,23-24H,1-2H2/q+1/t23-/m1/s1. The number of hydrogen-bond donors (Lipinski definition) is 1. The monoisotopic (exact) mass is 345 g/mol. The van der Waals surface area contributed by atoms with E-state index in [0.717, 1.165) is 5.31 Å². The summed E-state index contributed by atoms with van der Waals surface area (Å²) in [4.78, 5) is 0. The van der Waals surface area contributed by atoms with E-state index in [4.69, 9.17) is 0 Å². The molecule has 0 unspecified atom stereocenters. The summed E-state index contributed by atoms with van der Waals surface area (Å²) in [5.74, 6) is 0. The van der Waals surface area contributed by atoms with Crippen LogP contribution in [-0.4, -0.2) is 11.2 Å². The van der Waals surface area contributed by atoms with Crippen molar-refractivity contribution in [1.82, 2.24) is 0 Å². The van der Waals surface area contributed by atoms with Gasteiger partial charge in [0.05, 0.1) is 0 Å². The lowest BCUT2D eigenvalue weighted by Gasteiger charge is -2.30. The molecule has 0 aliphatic carbocycles. The molecule has 0 saturated carbocycles. The van der Waals surface area contributed by atoms with Gasteiger partial charge in [-0.15, -0.1) is 6.58 Å². The molecule has 0 bridgehead atoms. The Morgan fingerprint density at radius 2 is 1.04 bits per heavy atom. The lowest BCUT2D eigenvalue weighted by atomic mass is 10.3. The van der Waals surface area contributed by atoms with Gasteiger partial charge in [-0.1, -0.05) is 67.3 Å². The van der Waals surface area contributed by atoms with Gasteiger partial charge >= 0.3 is 0 Å². The van der Waals surface area contributed by atoms with E-state index in [1.165, 1.54) is 15.9 Å². The van der Waals surface area contributed by atoms with Crippen LogP contribution >= 0.6 is 7.26 Å². The zero-order valence-corrected chi connectivity index (χ0v) is 15.0. The van der Waals surface area contributed by atoms with Crippen LogP contribution in [0.5, 0.6) is 0 Å². The SMILES string of the molecule is C=C[C@@H](O)C(=C)[P+](c1ccccc1)(c1ccccc1)c1ccccc1. The highest BCUT2D eigenvalue weighted by Gasteiger charge is 2.50. The Hall–Kier alpha value is -2.47. The van der Waals surface area contributed by atoms with Gasteiger partial charge in [-0.05, 0) is 36.4 Å². The van der Waals surface area contributed by atoms with Crippen LogP contribution in [0.25, 0.3) is 0 Å². The number of rotatable bonds is 6. The van der Waals surface area contributed by atoms with Crippen molar-refractivity contribution in [2.45, 2.75) is 6.10 Å². The average Bonchev–Trinajstić information content (AvgIpc) is 2.70. The Morgan fingerprint density at radius 1 is 0.720 bits per heavy atom. The number of hydrogen-bond acceptors (Lipinski definition) is 1. The highest BCUT2D eigenvalue weighted by Crippen LogP contribution is 2.62. The highest BCUT2D eigenvalue weighted by atomic mass is 31.2. The van der Waals surface area contributed by atoms with Gasteiger partial charge in [0, 0.05) is 0 Å². The first kappa shape index (κ1) is 17.4. The van der Waals surface area contributed by atoms with Gasteiger partial charge in [0.1, 0.15) is 34.6 Å². The van der Waals surface area contributed by atoms with Gasteiger partial charge in [0.15, 0.2) is 0 Å². The summed E-state index contributed by atoms with van der Waals surface area (Å²) in [6.45, 7) is 8.14. The molecule has 0 aliphatic heterocycles. The van der Waals surface area contributed by atoms with Crippen molar-refractivity contribution in [3.05, 3.63) is 116 Å². The summed E-state index contributed by atoms with van der Waals surface area (Å²) in [7, 11) is -2.23. The highest BCUT2D eigenvalue weighted by molar-refractivity contribution is 7.99. The largest absolute Gasteiger partial charge is 0.381 e. The molecule has 0 fully saturated rings. The van der Waals surface area contributed by atoms with E-state index in [9.17, 15) is 5.11 Å². The zero-order valence-electron chi connectivity index (χ0n) is 14.1. The summed E-state index contributed by atoms with van der Waals surface area (Å²) >= 11 is 0. The molecule has 2 heteroatoms. The van der Waals surface area contributed by atoms with Crippen LogP contribution in [0, 0.1) is 0 Å². The van der Waals surface area contributed by atoms with E-state index in [1.54, 1.807) is 6.08 Å². The van der Waals surface area contributed by atoms with Crippen LogP contribution in [0.15, 0.2) is 116 Å². The Morgan fingerprint density at radius 3 is 1.32 bits per heavy atom. The molecule has 0 spiro atoms. The quantitative estimate of drug-likeness (QED) is 0.528. The summed E-state index contributed by atoms with van der Waals surface area (Å²) in [5.41, 5.74) is 0. The maximum atomic E-state index is 10.7. The fraction of sp³-hybridized carbons (Fsp3) is 0.0435. The Kier molecular flexibility index (Phi) is 5.28. The topological polar surface area (TPSA) is 20.2 Å². The molecule has 3 aromatic carbocycles. The lowest BCUT2D eigenvalue weighted by molar-refractivity contribution is 0.268. The molecule has 0 heterocycles. The number of aliphatic hydroxyl groups is 1. The fourth-order valence-electron chi connectivity index (χ4n) is 3.23. The minimum Gasteiger partial charge on any atom is -0.381 e. The minimum atomic E-state index is -2.23. The molecule has 124 valence electrons. The van der Waals surface area contributed by atoms with Crippen LogP contribution in [-0.2, 0) is 0 Å². The third-order valence-electron chi connectivity index (χ3n) is 4.43. The first-order chi connectivity index (χ1) is 12.2. The summed E-state index contributed by atoms with van der Waals surface area (Å²) < 4.78 is 0. The van der Waals surface area contributed by atoms with Gasteiger partial charge < -0.3 is 5.11 Å². The maximum absolute atomic E-state index is 10.7. The number of benzene rings is 3. The summed E-state index contributed by atoms with van der Waals surface area (Å²) in [5, 5.41) is 15.0. The van der Waals surface area contributed by atoms with Crippen molar-refractivity contribution in [3.8, 4) is 0 Å². The fourth-order valence-corrected chi connectivity index (χ4v) is 7.48. The van der Waals surface area contributed by atoms with E-state index < -0.39 is 13.4 Å². The molecule has 3 aromatic rings.